The van der Waals surface area contributed by atoms with E-state index >= 15 is 0 Å². The van der Waals surface area contributed by atoms with Crippen molar-refractivity contribution >= 4 is 23.3 Å². The number of nitrogens with zero attached hydrogens (tertiary/aromatic N) is 1. The second kappa shape index (κ2) is 8.29. The number of hydrogen-bond donors (Lipinski definition) is 1. The fourth-order valence-electron chi connectivity index (χ4n) is 3.43. The molecule has 28 heavy (non-hydrogen) atoms. The molecule has 0 unspecified atom stereocenters. The van der Waals surface area contributed by atoms with Gasteiger partial charge in [-0.2, -0.15) is 0 Å². The number of aryl methyl sites for hydroxylation is 2. The molecule has 2 heterocycles. The molecule has 1 aliphatic rings. The number of ketones is 1. The summed E-state index contributed by atoms with van der Waals surface area (Å²) in [6.45, 7) is 6.02. The van der Waals surface area contributed by atoms with Crippen LogP contribution < -0.4 is 10.1 Å². The summed E-state index contributed by atoms with van der Waals surface area (Å²) in [5, 5.41) is 2.79. The maximum absolute atomic E-state index is 12.3. The lowest BCUT2D eigenvalue weighted by Gasteiger charge is -2.17. The minimum atomic E-state index is -0.608. The molecule has 7 heteroatoms. The van der Waals surface area contributed by atoms with Crippen LogP contribution >= 0.6 is 0 Å². The Hall–Kier alpha value is -3.09. The number of carbonyl (C=O) groups excluding carboxylic acids is 3. The number of aromatic nitrogens is 1. The van der Waals surface area contributed by atoms with Crippen LogP contribution in [0.5, 0.6) is 5.75 Å². The SMILES string of the molecule is CCn1c(C)cc(C(=O)COC(=O)COc2ccc3c(c2)CCC(=O)N3)c1C. The predicted octanol–water partition coefficient (Wildman–Crippen LogP) is 2.81. The molecule has 2 aromatic rings. The minimum Gasteiger partial charge on any atom is -0.482 e. The molecule has 0 aliphatic carbocycles. The van der Waals surface area contributed by atoms with E-state index in [0.717, 1.165) is 29.2 Å². The van der Waals surface area contributed by atoms with Crippen molar-refractivity contribution in [3.8, 4) is 5.75 Å². The molecule has 0 spiro atoms. The van der Waals surface area contributed by atoms with E-state index in [2.05, 4.69) is 5.32 Å². The molecule has 148 valence electrons. The van der Waals surface area contributed by atoms with Crippen LogP contribution in [-0.4, -0.2) is 35.4 Å². The molecule has 1 aliphatic heterocycles. The third-order valence-corrected chi connectivity index (χ3v) is 4.88. The average molecular weight is 384 g/mol. The van der Waals surface area contributed by atoms with Gasteiger partial charge in [-0.25, -0.2) is 4.79 Å². The van der Waals surface area contributed by atoms with Gasteiger partial charge in [-0.1, -0.05) is 0 Å². The summed E-state index contributed by atoms with van der Waals surface area (Å²) in [5.41, 5.74) is 4.18. The molecule has 0 fully saturated rings. The summed E-state index contributed by atoms with van der Waals surface area (Å²) >= 11 is 0. The Bertz CT molecular complexity index is 929. The summed E-state index contributed by atoms with van der Waals surface area (Å²) in [4.78, 5) is 35.7. The lowest BCUT2D eigenvalue weighted by molar-refractivity contribution is -0.144. The van der Waals surface area contributed by atoms with E-state index in [1.807, 2.05) is 31.4 Å². The largest absolute Gasteiger partial charge is 0.482 e. The van der Waals surface area contributed by atoms with E-state index in [9.17, 15) is 14.4 Å². The highest BCUT2D eigenvalue weighted by Gasteiger charge is 2.18. The molecule has 0 atom stereocenters. The van der Waals surface area contributed by atoms with Crippen molar-refractivity contribution in [2.45, 2.75) is 40.2 Å². The van der Waals surface area contributed by atoms with Gasteiger partial charge in [0.15, 0.2) is 13.2 Å². The van der Waals surface area contributed by atoms with Crippen LogP contribution in [0.4, 0.5) is 5.69 Å². The molecule has 7 nitrogen and oxygen atoms in total. The van der Waals surface area contributed by atoms with Crippen LogP contribution in [0.1, 0.15) is 40.7 Å². The highest BCUT2D eigenvalue weighted by atomic mass is 16.6. The first-order valence-corrected chi connectivity index (χ1v) is 9.30. The number of fused-ring (bicyclic) bond motifs is 1. The minimum absolute atomic E-state index is 0.00544. The number of nitrogens with one attached hydrogen (secondary N) is 1. The van der Waals surface area contributed by atoms with E-state index in [1.54, 1.807) is 18.2 Å². The van der Waals surface area contributed by atoms with Gasteiger partial charge < -0.3 is 19.4 Å². The molecule has 1 amide bonds. The number of hydrogen-bond acceptors (Lipinski definition) is 5. The summed E-state index contributed by atoms with van der Waals surface area (Å²) in [5.74, 6) is -0.326. The van der Waals surface area contributed by atoms with Crippen LogP contribution in [0.25, 0.3) is 0 Å². The van der Waals surface area contributed by atoms with Gasteiger partial charge in [0.05, 0.1) is 0 Å². The predicted molar refractivity (Wildman–Crippen MR) is 104 cm³/mol. The molecule has 1 aromatic carbocycles. The van der Waals surface area contributed by atoms with Gasteiger partial charge in [-0.15, -0.1) is 0 Å². The third kappa shape index (κ3) is 4.24. The van der Waals surface area contributed by atoms with Crippen molar-refractivity contribution in [2.24, 2.45) is 0 Å². The lowest BCUT2D eigenvalue weighted by Crippen LogP contribution is -2.20. The molecule has 0 bridgehead atoms. The van der Waals surface area contributed by atoms with E-state index in [4.69, 9.17) is 9.47 Å². The van der Waals surface area contributed by atoms with Crippen molar-refractivity contribution in [2.75, 3.05) is 18.5 Å². The van der Waals surface area contributed by atoms with Crippen LogP contribution in [0.15, 0.2) is 24.3 Å². The van der Waals surface area contributed by atoms with E-state index in [-0.39, 0.29) is 24.9 Å². The number of benzene rings is 1. The topological polar surface area (TPSA) is 86.6 Å². The Morgan fingerprint density at radius 2 is 1.93 bits per heavy atom. The first kappa shape index (κ1) is 19.7. The Labute approximate surface area is 163 Å². The van der Waals surface area contributed by atoms with Crippen molar-refractivity contribution in [3.05, 3.63) is 46.8 Å². The fourth-order valence-corrected chi connectivity index (χ4v) is 3.43. The van der Waals surface area contributed by atoms with Crippen LogP contribution in [0, 0.1) is 13.8 Å². The van der Waals surface area contributed by atoms with E-state index < -0.39 is 5.97 Å². The van der Waals surface area contributed by atoms with Crippen LogP contribution in [0.2, 0.25) is 0 Å². The van der Waals surface area contributed by atoms with Crippen molar-refractivity contribution in [1.82, 2.24) is 4.57 Å². The molecule has 1 aromatic heterocycles. The number of ether oxygens (including phenoxy) is 2. The number of amides is 1. The highest BCUT2D eigenvalue weighted by molar-refractivity contribution is 5.99. The van der Waals surface area contributed by atoms with Crippen LogP contribution in [-0.2, 0) is 27.3 Å². The number of carbonyl (C=O) groups is 3. The highest BCUT2D eigenvalue weighted by Crippen LogP contribution is 2.26. The number of Topliss-reactive ketones (excluding diaryl/α,β-unsaturated/α-hetero) is 1. The van der Waals surface area contributed by atoms with Gasteiger partial charge in [0.25, 0.3) is 0 Å². The summed E-state index contributed by atoms with van der Waals surface area (Å²) in [7, 11) is 0. The first-order valence-electron chi connectivity index (χ1n) is 9.30. The Kier molecular flexibility index (Phi) is 5.82. The standard InChI is InChI=1S/C21H24N2O5/c1-4-23-13(2)9-17(14(23)3)19(24)11-28-21(26)12-27-16-6-7-18-15(10-16)5-8-20(25)22-18/h6-7,9-10H,4-5,8,11-12H2,1-3H3,(H,22,25). The van der Waals surface area contributed by atoms with Crippen molar-refractivity contribution in [1.29, 1.82) is 0 Å². The molecule has 0 radical (unpaired) electrons. The van der Waals surface area contributed by atoms with Crippen LogP contribution in [0.3, 0.4) is 0 Å². The van der Waals surface area contributed by atoms with Crippen molar-refractivity contribution in [3.63, 3.8) is 0 Å². The zero-order valence-electron chi connectivity index (χ0n) is 16.3. The summed E-state index contributed by atoms with van der Waals surface area (Å²) < 4.78 is 12.6. The Morgan fingerprint density at radius 3 is 2.64 bits per heavy atom. The lowest BCUT2D eigenvalue weighted by atomic mass is 10.0. The number of esters is 1. The quantitative estimate of drug-likeness (QED) is 0.586. The smallest absolute Gasteiger partial charge is 0.344 e. The first-order chi connectivity index (χ1) is 13.4. The third-order valence-electron chi connectivity index (χ3n) is 4.88. The molecular formula is C21H24N2O5. The summed E-state index contributed by atoms with van der Waals surface area (Å²) in [6, 6.07) is 7.05. The second-order valence-corrected chi connectivity index (χ2v) is 6.77. The van der Waals surface area contributed by atoms with Gasteiger partial charge in [0, 0.05) is 35.6 Å². The van der Waals surface area contributed by atoms with E-state index in [1.165, 1.54) is 0 Å². The molecule has 0 saturated heterocycles. The number of rotatable bonds is 7. The number of anilines is 1. The Morgan fingerprint density at radius 1 is 1.14 bits per heavy atom. The molecule has 0 saturated carbocycles. The zero-order chi connectivity index (χ0) is 20.3. The fraction of sp³-hybridized carbons (Fsp3) is 0.381. The maximum atomic E-state index is 12.3. The molecule has 1 N–H and O–H groups in total. The molecule has 3 rings (SSSR count). The van der Waals surface area contributed by atoms with Gasteiger partial charge in [0.2, 0.25) is 11.7 Å². The Balaban J connectivity index is 1.51. The van der Waals surface area contributed by atoms with Gasteiger partial charge in [-0.05, 0) is 57.0 Å². The van der Waals surface area contributed by atoms with Gasteiger partial charge in [-0.3, -0.25) is 9.59 Å². The van der Waals surface area contributed by atoms with E-state index in [0.29, 0.717) is 24.2 Å². The average Bonchev–Trinajstić information content (AvgIpc) is 2.97. The van der Waals surface area contributed by atoms with Gasteiger partial charge in [0.1, 0.15) is 5.75 Å². The zero-order valence-corrected chi connectivity index (χ0v) is 16.3. The molecular weight excluding hydrogens is 360 g/mol. The van der Waals surface area contributed by atoms with Gasteiger partial charge >= 0.3 is 5.97 Å². The normalized spacial score (nSPS) is 12.9. The second-order valence-electron chi connectivity index (χ2n) is 6.77. The summed E-state index contributed by atoms with van der Waals surface area (Å²) in [6.07, 6.45) is 1.06. The monoisotopic (exact) mass is 384 g/mol. The van der Waals surface area contributed by atoms with Crippen molar-refractivity contribution < 1.29 is 23.9 Å². The maximum Gasteiger partial charge on any atom is 0.344 e.